The zero-order chi connectivity index (χ0) is 14.7. The van der Waals surface area contributed by atoms with Crippen molar-refractivity contribution in [3.05, 3.63) is 16.8 Å². The molecule has 20 heavy (non-hydrogen) atoms. The Balaban J connectivity index is 2.13. The number of aromatic carboxylic acids is 1. The molecule has 1 unspecified atom stereocenters. The SMILES string of the molecule is CCN1CCCC1CNc1nnc(C)c(C)c1C(=O)O. The molecule has 110 valence electrons. The molecular formula is C14H22N4O2. The molecule has 2 heterocycles. The van der Waals surface area contributed by atoms with Gasteiger partial charge in [-0.3, -0.25) is 4.90 Å². The molecule has 1 aliphatic rings. The third kappa shape index (κ3) is 2.90. The van der Waals surface area contributed by atoms with Crippen molar-refractivity contribution in [1.29, 1.82) is 0 Å². The quantitative estimate of drug-likeness (QED) is 0.853. The molecule has 1 aromatic heterocycles. The van der Waals surface area contributed by atoms with E-state index in [4.69, 9.17) is 0 Å². The highest BCUT2D eigenvalue weighted by atomic mass is 16.4. The molecule has 0 amide bonds. The summed E-state index contributed by atoms with van der Waals surface area (Å²) in [7, 11) is 0. The van der Waals surface area contributed by atoms with Gasteiger partial charge in [-0.05, 0) is 45.3 Å². The van der Waals surface area contributed by atoms with E-state index in [9.17, 15) is 9.90 Å². The van der Waals surface area contributed by atoms with Gasteiger partial charge in [0.2, 0.25) is 0 Å². The van der Waals surface area contributed by atoms with Gasteiger partial charge in [-0.1, -0.05) is 6.92 Å². The number of anilines is 1. The maximum atomic E-state index is 11.4. The normalized spacial score (nSPS) is 19.2. The lowest BCUT2D eigenvalue weighted by Crippen LogP contribution is -2.35. The van der Waals surface area contributed by atoms with Crippen molar-refractivity contribution in [2.45, 2.75) is 39.7 Å². The molecule has 0 aliphatic carbocycles. The van der Waals surface area contributed by atoms with Crippen LogP contribution in [0, 0.1) is 13.8 Å². The average molecular weight is 278 g/mol. The minimum absolute atomic E-state index is 0.235. The van der Waals surface area contributed by atoms with Crippen LogP contribution in [0.25, 0.3) is 0 Å². The molecule has 0 spiro atoms. The first-order chi connectivity index (χ1) is 9.54. The second-order valence-electron chi connectivity index (χ2n) is 5.24. The van der Waals surface area contributed by atoms with Crippen LogP contribution in [0.4, 0.5) is 5.82 Å². The minimum Gasteiger partial charge on any atom is -0.478 e. The zero-order valence-electron chi connectivity index (χ0n) is 12.3. The second kappa shape index (κ2) is 6.17. The summed E-state index contributed by atoms with van der Waals surface area (Å²) >= 11 is 0. The van der Waals surface area contributed by atoms with Gasteiger partial charge in [-0.15, -0.1) is 5.10 Å². The number of likely N-dealkylation sites (tertiary alicyclic amines) is 1. The number of nitrogens with zero attached hydrogens (tertiary/aromatic N) is 3. The van der Waals surface area contributed by atoms with Crippen LogP contribution in [0.5, 0.6) is 0 Å². The zero-order valence-corrected chi connectivity index (χ0v) is 12.3. The van der Waals surface area contributed by atoms with Gasteiger partial charge in [-0.25, -0.2) is 4.79 Å². The largest absolute Gasteiger partial charge is 0.478 e. The van der Waals surface area contributed by atoms with Crippen molar-refractivity contribution in [2.24, 2.45) is 0 Å². The fourth-order valence-electron chi connectivity index (χ4n) is 2.75. The van der Waals surface area contributed by atoms with E-state index >= 15 is 0 Å². The third-order valence-corrected chi connectivity index (χ3v) is 4.08. The van der Waals surface area contributed by atoms with E-state index in [2.05, 4.69) is 27.3 Å². The summed E-state index contributed by atoms with van der Waals surface area (Å²) < 4.78 is 0. The monoisotopic (exact) mass is 278 g/mol. The van der Waals surface area contributed by atoms with Crippen molar-refractivity contribution in [3.8, 4) is 0 Å². The molecule has 1 atom stereocenters. The van der Waals surface area contributed by atoms with Gasteiger partial charge in [0.1, 0.15) is 5.56 Å². The Bertz CT molecular complexity index is 504. The van der Waals surface area contributed by atoms with E-state index in [-0.39, 0.29) is 5.56 Å². The molecule has 1 fully saturated rings. The first kappa shape index (κ1) is 14.7. The Morgan fingerprint density at radius 3 is 2.85 bits per heavy atom. The van der Waals surface area contributed by atoms with Crippen LogP contribution in [0.1, 0.15) is 41.4 Å². The molecule has 0 bridgehead atoms. The Labute approximate surface area is 119 Å². The molecule has 1 aliphatic heterocycles. The van der Waals surface area contributed by atoms with Gasteiger partial charge < -0.3 is 10.4 Å². The third-order valence-electron chi connectivity index (χ3n) is 4.08. The Kier molecular flexibility index (Phi) is 4.54. The second-order valence-corrected chi connectivity index (χ2v) is 5.24. The molecule has 0 saturated carbocycles. The van der Waals surface area contributed by atoms with Crippen LogP contribution >= 0.6 is 0 Å². The molecule has 6 heteroatoms. The highest BCUT2D eigenvalue weighted by Gasteiger charge is 2.24. The van der Waals surface area contributed by atoms with Crippen LogP contribution in [0.15, 0.2) is 0 Å². The molecular weight excluding hydrogens is 256 g/mol. The van der Waals surface area contributed by atoms with E-state index in [1.165, 1.54) is 6.42 Å². The first-order valence-electron chi connectivity index (χ1n) is 7.09. The number of aryl methyl sites for hydroxylation is 1. The van der Waals surface area contributed by atoms with Crippen molar-refractivity contribution < 1.29 is 9.90 Å². The Morgan fingerprint density at radius 2 is 2.20 bits per heavy atom. The summed E-state index contributed by atoms with van der Waals surface area (Å²) in [6, 6.07) is 0.449. The average Bonchev–Trinajstić information content (AvgIpc) is 2.87. The maximum absolute atomic E-state index is 11.4. The number of rotatable bonds is 5. The highest BCUT2D eigenvalue weighted by molar-refractivity contribution is 5.94. The van der Waals surface area contributed by atoms with Crippen LogP contribution in [0.2, 0.25) is 0 Å². The van der Waals surface area contributed by atoms with Crippen molar-refractivity contribution in [1.82, 2.24) is 15.1 Å². The number of hydrogen-bond donors (Lipinski definition) is 2. The summed E-state index contributed by atoms with van der Waals surface area (Å²) in [4.78, 5) is 13.8. The van der Waals surface area contributed by atoms with Crippen LogP contribution in [0.3, 0.4) is 0 Å². The van der Waals surface area contributed by atoms with Crippen LogP contribution in [-0.2, 0) is 0 Å². The number of carboxylic acids is 1. The number of aromatic nitrogens is 2. The maximum Gasteiger partial charge on any atom is 0.339 e. The molecule has 2 N–H and O–H groups in total. The van der Waals surface area contributed by atoms with E-state index in [1.54, 1.807) is 13.8 Å². The van der Waals surface area contributed by atoms with Gasteiger partial charge in [0.15, 0.2) is 5.82 Å². The van der Waals surface area contributed by atoms with Gasteiger partial charge in [0, 0.05) is 12.6 Å². The predicted octanol–water partition coefficient (Wildman–Crippen LogP) is 1.69. The molecule has 2 rings (SSSR count). The Hall–Kier alpha value is -1.69. The molecule has 6 nitrogen and oxygen atoms in total. The van der Waals surface area contributed by atoms with Gasteiger partial charge in [-0.2, -0.15) is 5.10 Å². The number of nitrogens with one attached hydrogen (secondary N) is 1. The highest BCUT2D eigenvalue weighted by Crippen LogP contribution is 2.21. The smallest absolute Gasteiger partial charge is 0.339 e. The van der Waals surface area contributed by atoms with Gasteiger partial charge >= 0.3 is 5.97 Å². The molecule has 1 aromatic rings. The van der Waals surface area contributed by atoms with Crippen LogP contribution in [-0.4, -0.2) is 51.8 Å². The van der Waals surface area contributed by atoms with Crippen molar-refractivity contribution in [3.63, 3.8) is 0 Å². The van der Waals surface area contributed by atoms with E-state index < -0.39 is 5.97 Å². The van der Waals surface area contributed by atoms with Crippen molar-refractivity contribution in [2.75, 3.05) is 25.0 Å². The lowest BCUT2D eigenvalue weighted by Gasteiger charge is -2.23. The summed E-state index contributed by atoms with van der Waals surface area (Å²) in [5, 5.41) is 20.5. The topological polar surface area (TPSA) is 78.3 Å². The molecule has 0 radical (unpaired) electrons. The van der Waals surface area contributed by atoms with Gasteiger partial charge in [0.25, 0.3) is 0 Å². The summed E-state index contributed by atoms with van der Waals surface area (Å²) in [5.74, 6) is -0.578. The predicted molar refractivity (Wildman–Crippen MR) is 77.2 cm³/mol. The fraction of sp³-hybridized carbons (Fsp3) is 0.643. The van der Waals surface area contributed by atoms with E-state index in [0.717, 1.165) is 19.5 Å². The summed E-state index contributed by atoms with van der Waals surface area (Å²) in [5.41, 5.74) is 1.57. The summed E-state index contributed by atoms with van der Waals surface area (Å²) in [6.07, 6.45) is 2.34. The van der Waals surface area contributed by atoms with Crippen molar-refractivity contribution >= 4 is 11.8 Å². The Morgan fingerprint density at radius 1 is 1.45 bits per heavy atom. The van der Waals surface area contributed by atoms with E-state index in [1.807, 2.05) is 0 Å². The minimum atomic E-state index is -0.957. The van der Waals surface area contributed by atoms with E-state index in [0.29, 0.717) is 29.7 Å². The standard InChI is InChI=1S/C14H22N4O2/c1-4-18-7-5-6-11(18)8-15-13-12(14(19)20)9(2)10(3)16-17-13/h11H,4-8H2,1-3H3,(H,15,17)(H,19,20). The van der Waals surface area contributed by atoms with Crippen LogP contribution < -0.4 is 5.32 Å². The fourth-order valence-corrected chi connectivity index (χ4v) is 2.75. The lowest BCUT2D eigenvalue weighted by molar-refractivity contribution is 0.0696. The molecule has 1 saturated heterocycles. The number of carbonyl (C=O) groups is 1. The molecule has 0 aromatic carbocycles. The van der Waals surface area contributed by atoms with Gasteiger partial charge in [0.05, 0.1) is 5.69 Å². The number of hydrogen-bond acceptors (Lipinski definition) is 5. The summed E-state index contributed by atoms with van der Waals surface area (Å²) in [6.45, 7) is 8.55. The first-order valence-corrected chi connectivity index (χ1v) is 7.09. The number of carboxylic acid groups (broad SMARTS) is 1. The lowest BCUT2D eigenvalue weighted by atomic mass is 10.1. The number of likely N-dealkylation sites (N-methyl/N-ethyl adjacent to an activating group) is 1.